The molecule has 2 aromatic carbocycles. The quantitative estimate of drug-likeness (QED) is 0.0325. The van der Waals surface area contributed by atoms with Crippen LogP contribution < -0.4 is 20.3 Å². The highest BCUT2D eigenvalue weighted by atomic mass is 35.5. The average Bonchev–Trinajstić information content (AvgIpc) is 3.53. The Hall–Kier alpha value is -4.23. The van der Waals surface area contributed by atoms with Crippen molar-refractivity contribution < 1.29 is 52.4 Å². The number of carboxylic acids is 1. The predicted molar refractivity (Wildman–Crippen MR) is 257 cm³/mol. The summed E-state index contributed by atoms with van der Waals surface area (Å²) in [5.41, 5.74) is 9.14. The first-order chi connectivity index (χ1) is 30.6. The molecule has 0 radical (unpaired) electrons. The van der Waals surface area contributed by atoms with Crippen LogP contribution in [0, 0.1) is 18.2 Å². The number of methoxy groups -OCH3 is 1. The van der Waals surface area contributed by atoms with E-state index >= 15 is 0 Å². The van der Waals surface area contributed by atoms with E-state index in [1.54, 1.807) is 31.1 Å². The van der Waals surface area contributed by atoms with Gasteiger partial charge < -0.3 is 30.1 Å². The topological polar surface area (TPSA) is 197 Å². The Morgan fingerprint density at radius 1 is 1.06 bits per heavy atom. The van der Waals surface area contributed by atoms with Gasteiger partial charge in [0.15, 0.2) is 18.3 Å². The second-order valence-corrected chi connectivity index (χ2v) is 18.7. The van der Waals surface area contributed by atoms with E-state index in [0.29, 0.717) is 37.1 Å². The first-order valence-corrected chi connectivity index (χ1v) is 24.4. The number of imide groups is 1. The van der Waals surface area contributed by atoms with E-state index in [-0.39, 0.29) is 53.5 Å². The van der Waals surface area contributed by atoms with E-state index < -0.39 is 48.0 Å². The molecular weight excluding hydrogens is 948 g/mol. The molecule has 20 heteroatoms. The fourth-order valence-corrected chi connectivity index (χ4v) is 7.57. The van der Waals surface area contributed by atoms with Crippen molar-refractivity contribution in [3.8, 4) is 18.1 Å². The molecule has 3 atom stereocenters. The number of carbonyl (C=O) groups excluding carboxylic acids is 4. The third kappa shape index (κ3) is 18.5. The van der Waals surface area contributed by atoms with Gasteiger partial charge in [0, 0.05) is 50.2 Å². The minimum absolute atomic E-state index is 0.0233. The lowest BCUT2D eigenvalue weighted by molar-refractivity contribution is -0.138. The van der Waals surface area contributed by atoms with Crippen LogP contribution in [0.5, 0.6) is 5.75 Å². The fourth-order valence-electron chi connectivity index (χ4n) is 6.19. The Labute approximate surface area is 400 Å². The van der Waals surface area contributed by atoms with Crippen LogP contribution in [0.1, 0.15) is 64.0 Å². The molecule has 0 saturated carbocycles. The largest absolute Gasteiger partial charge is 0.480 e. The molecule has 2 aliphatic rings. The molecule has 0 bridgehead atoms. The van der Waals surface area contributed by atoms with Gasteiger partial charge in [-0.2, -0.15) is 0 Å². The number of amides is 4. The molecule has 4 rings (SSSR count). The molecule has 4 N–H and O–H groups in total. The number of carbonyl (C=O) groups is 5. The van der Waals surface area contributed by atoms with Gasteiger partial charge in [-0.1, -0.05) is 84.9 Å². The number of benzene rings is 2. The number of rotatable bonds is 18. The van der Waals surface area contributed by atoms with Crippen LogP contribution in [0.15, 0.2) is 66.8 Å². The number of para-hydroxylation sites is 1. The zero-order valence-corrected chi connectivity index (χ0v) is 41.1. The molecule has 65 heavy (non-hydrogen) atoms. The summed E-state index contributed by atoms with van der Waals surface area (Å²) in [5, 5.41) is 8.31. The maximum absolute atomic E-state index is 14.4. The van der Waals surface area contributed by atoms with Crippen molar-refractivity contribution in [2.24, 2.45) is 5.73 Å². The molecule has 2 aromatic rings. The van der Waals surface area contributed by atoms with E-state index in [0.717, 1.165) is 53.5 Å². The van der Waals surface area contributed by atoms with Crippen molar-refractivity contribution in [2.75, 3.05) is 55.4 Å². The van der Waals surface area contributed by atoms with Crippen molar-refractivity contribution >= 4 is 94.7 Å². The van der Waals surface area contributed by atoms with E-state index in [1.807, 2.05) is 18.2 Å². The lowest BCUT2D eigenvalue weighted by Crippen LogP contribution is -2.35. The number of ether oxygens (including phenoxy) is 2. The minimum Gasteiger partial charge on any atom is -0.480 e. The SMILES string of the molecule is C#CC(C)Oc1cc(N2C(=O)C3=C(CCCC3)C2=O)c(F)cc1Cl.C=CCN(CC=C)C(=O)C(Cl)Cl.CCc1cccc(CC)c1N(COC)C(=O)CCl.CP(=O)(O)CCC(N)C(=O)O. The Morgan fingerprint density at radius 2 is 1.58 bits per heavy atom. The Kier molecular flexibility index (Phi) is 26.6. The zero-order valence-electron chi connectivity index (χ0n) is 37.2. The number of anilines is 2. The number of hydrogen-bond acceptors (Lipinski definition) is 9. The lowest BCUT2D eigenvalue weighted by atomic mass is 9.93. The number of nitrogens with zero attached hydrogens (tertiary/aromatic N) is 3. The number of aliphatic carboxylic acids is 1. The summed E-state index contributed by atoms with van der Waals surface area (Å²) in [6.45, 7) is 15.1. The van der Waals surface area contributed by atoms with Crippen LogP contribution >= 0.6 is 53.8 Å². The third-order valence-corrected chi connectivity index (χ3v) is 11.4. The van der Waals surface area contributed by atoms with E-state index in [2.05, 4.69) is 32.9 Å². The van der Waals surface area contributed by atoms with Crippen molar-refractivity contribution in [1.29, 1.82) is 0 Å². The number of aryl methyl sites for hydroxylation is 2. The van der Waals surface area contributed by atoms with Crippen molar-refractivity contribution in [3.05, 3.63) is 88.8 Å². The third-order valence-electron chi connectivity index (χ3n) is 9.45. The summed E-state index contributed by atoms with van der Waals surface area (Å²) in [7, 11) is -1.52. The molecule has 0 saturated heterocycles. The van der Waals surface area contributed by atoms with Crippen molar-refractivity contribution in [2.45, 2.75) is 82.7 Å². The highest BCUT2D eigenvalue weighted by Gasteiger charge is 2.41. The van der Waals surface area contributed by atoms with Gasteiger partial charge in [0.25, 0.3) is 17.7 Å². The van der Waals surface area contributed by atoms with Crippen molar-refractivity contribution in [1.82, 2.24) is 4.90 Å². The van der Waals surface area contributed by atoms with Gasteiger partial charge in [0.2, 0.25) is 5.91 Å². The average molecular weight is 1010 g/mol. The van der Waals surface area contributed by atoms with Gasteiger partial charge in [0.05, 0.1) is 16.4 Å². The van der Waals surface area contributed by atoms with E-state index in [9.17, 15) is 32.9 Å². The summed E-state index contributed by atoms with van der Waals surface area (Å²) in [4.78, 5) is 70.1. The normalized spacial score (nSPS) is 14.7. The summed E-state index contributed by atoms with van der Waals surface area (Å²) in [6, 6.07) is 7.34. The van der Waals surface area contributed by atoms with Gasteiger partial charge >= 0.3 is 5.97 Å². The molecule has 0 fully saturated rings. The second kappa shape index (κ2) is 29.4. The van der Waals surface area contributed by atoms with Gasteiger partial charge in [-0.05, 0) is 69.1 Å². The lowest BCUT2D eigenvalue weighted by Gasteiger charge is -2.26. The van der Waals surface area contributed by atoms with E-state index in [4.69, 9.17) is 78.0 Å². The van der Waals surface area contributed by atoms with Crippen LogP contribution in [0.4, 0.5) is 15.8 Å². The number of terminal acetylenes is 1. The second-order valence-electron chi connectivity index (χ2n) is 14.4. The first kappa shape index (κ1) is 58.8. The first-order valence-electron chi connectivity index (χ1n) is 20.3. The monoisotopic (exact) mass is 1000 g/mol. The number of halogens is 5. The molecule has 0 aromatic heterocycles. The Bertz CT molecular complexity index is 2070. The zero-order chi connectivity index (χ0) is 49.6. The van der Waals surface area contributed by atoms with Crippen LogP contribution in [0.25, 0.3) is 0 Å². The van der Waals surface area contributed by atoms with Crippen molar-refractivity contribution in [3.63, 3.8) is 0 Å². The summed E-state index contributed by atoms with van der Waals surface area (Å²) < 4.78 is 35.6. The number of carboxylic acid groups (broad SMARTS) is 1. The fraction of sp³-hybridized carbons (Fsp3) is 0.444. The summed E-state index contributed by atoms with van der Waals surface area (Å²) in [5.74, 6) is -0.822. The highest BCUT2D eigenvalue weighted by Crippen LogP contribution is 2.40. The number of hydrogen-bond donors (Lipinski definition) is 3. The van der Waals surface area contributed by atoms with Crippen LogP contribution in [0.2, 0.25) is 5.02 Å². The van der Waals surface area contributed by atoms with Gasteiger partial charge in [-0.15, -0.1) is 31.2 Å². The molecule has 1 heterocycles. The smallest absolute Gasteiger partial charge is 0.320 e. The van der Waals surface area contributed by atoms with Gasteiger partial charge in [-0.25, -0.2) is 9.29 Å². The summed E-state index contributed by atoms with van der Waals surface area (Å²) in [6.07, 6.45) is 12.4. The standard InChI is InChI=1S/C18H15ClFNO3.C14H20ClNO2.C8H11Cl2NO.C5H12NO4P/c1-3-10(2)24-16-9-15(14(20)8-13(16)19)21-17(22)11-6-4-5-7-12(11)18(21)23;1-4-11-7-6-8-12(5-2)14(11)16(10-18-3)13(17)9-15;1-3-5-11(6-4-2)8(12)7(9)10;1-11(9,10)3-2-4(6)5(7)8/h1,8-10H,4-7H2,2H3;6-8H,4-5,9-10H2,1-3H3;3-4,7H,1-2,5-6H2;4H,2-3,6H2,1H3,(H,7,8)(H,9,10). The molecule has 3 unspecified atom stereocenters. The molecule has 1 aliphatic heterocycles. The number of nitrogens with two attached hydrogens (primary N) is 1. The molecule has 4 amide bonds. The Balaban J connectivity index is 0.000000458. The molecule has 358 valence electrons. The maximum Gasteiger partial charge on any atom is 0.320 e. The molecule has 14 nitrogen and oxygen atoms in total. The molecule has 0 spiro atoms. The highest BCUT2D eigenvalue weighted by molar-refractivity contribution is 7.57. The van der Waals surface area contributed by atoms with Crippen LogP contribution in [-0.2, 0) is 46.1 Å². The predicted octanol–water partition coefficient (Wildman–Crippen LogP) is 8.29. The maximum atomic E-state index is 14.4. The van der Waals surface area contributed by atoms with E-state index in [1.165, 1.54) is 17.6 Å². The van der Waals surface area contributed by atoms with Gasteiger partial charge in [0.1, 0.15) is 30.2 Å². The van der Waals surface area contributed by atoms with Crippen LogP contribution in [0.3, 0.4) is 0 Å². The summed E-state index contributed by atoms with van der Waals surface area (Å²) >= 11 is 22.4. The minimum atomic E-state index is -3.10. The molecule has 1 aliphatic carbocycles. The van der Waals surface area contributed by atoms with Gasteiger partial charge in [-0.3, -0.25) is 33.4 Å². The number of alkyl halides is 3. The Morgan fingerprint density at radius 3 is 1.98 bits per heavy atom. The van der Waals surface area contributed by atoms with Crippen LogP contribution in [-0.4, -0.2) is 107 Å². The molecular formula is C45H58Cl4FN4O10P.